The summed E-state index contributed by atoms with van der Waals surface area (Å²) in [5.41, 5.74) is 3.23. The highest BCUT2D eigenvalue weighted by Gasteiger charge is 2.22. The summed E-state index contributed by atoms with van der Waals surface area (Å²) in [4.78, 5) is 15.2. The molecule has 0 bridgehead atoms. The lowest BCUT2D eigenvalue weighted by Crippen LogP contribution is -2.41. The summed E-state index contributed by atoms with van der Waals surface area (Å²) < 4.78 is 50.2. The molecule has 1 aromatic carbocycles. The number of aryl methyl sites for hydroxylation is 1. The molecule has 0 saturated carbocycles. The van der Waals surface area contributed by atoms with E-state index in [1.165, 1.54) is 11.3 Å². The first-order valence-electron chi connectivity index (χ1n) is 7.65. The monoisotopic (exact) mass is 386 g/mol. The molecule has 2 aromatic rings. The fourth-order valence-corrected chi connectivity index (χ4v) is 4.65. The maximum atomic E-state index is 13.2. The summed E-state index contributed by atoms with van der Waals surface area (Å²) in [7, 11) is -4.20. The van der Waals surface area contributed by atoms with E-state index in [1.807, 2.05) is 4.83 Å². The van der Waals surface area contributed by atoms with Gasteiger partial charge in [-0.3, -0.25) is 10.2 Å². The average Bonchev–Trinajstić information content (AvgIpc) is 2.98. The molecule has 3 rings (SSSR count). The summed E-state index contributed by atoms with van der Waals surface area (Å²) >= 11 is 1.34. The maximum Gasteiger partial charge on any atom is 0.276 e. The van der Waals surface area contributed by atoms with Crippen molar-refractivity contribution in [1.29, 1.82) is 0 Å². The molecule has 2 N–H and O–H groups in total. The van der Waals surface area contributed by atoms with Gasteiger partial charge in [-0.2, -0.15) is 0 Å². The van der Waals surface area contributed by atoms with E-state index in [1.54, 1.807) is 6.07 Å². The summed E-state index contributed by atoms with van der Waals surface area (Å²) in [6, 6.07) is 3.95. The van der Waals surface area contributed by atoms with Crippen molar-refractivity contribution < 1.29 is 22.0 Å². The molecule has 1 atom stereocenters. The third-order valence-electron chi connectivity index (χ3n) is 4.05. The summed E-state index contributed by atoms with van der Waals surface area (Å²) in [5.74, 6) is -2.46. The van der Waals surface area contributed by atoms with Crippen LogP contribution in [-0.2, 0) is 22.9 Å². The van der Waals surface area contributed by atoms with E-state index in [0.717, 1.165) is 35.8 Å². The first-order valence-corrected chi connectivity index (χ1v) is 9.95. The molecule has 0 fully saturated rings. The maximum absolute atomic E-state index is 13.2. The first-order chi connectivity index (χ1) is 11.8. The van der Waals surface area contributed by atoms with Crippen LogP contribution in [0.3, 0.4) is 0 Å². The highest BCUT2D eigenvalue weighted by atomic mass is 32.2. The first kappa shape index (κ1) is 18.0. The molecule has 25 heavy (non-hydrogen) atoms. The van der Waals surface area contributed by atoms with Crippen LogP contribution < -0.4 is 10.3 Å². The normalized spacial score (nSPS) is 17.2. The molecule has 5 nitrogen and oxygen atoms in total. The second-order valence-corrected chi connectivity index (χ2v) is 8.86. The number of benzene rings is 1. The number of halogens is 2. The molecule has 134 valence electrons. The number of carbonyl (C=O) groups is 1. The van der Waals surface area contributed by atoms with Gasteiger partial charge in [0, 0.05) is 4.88 Å². The van der Waals surface area contributed by atoms with Crippen molar-refractivity contribution in [3.8, 4) is 0 Å². The van der Waals surface area contributed by atoms with E-state index in [9.17, 15) is 22.0 Å². The van der Waals surface area contributed by atoms with E-state index < -0.39 is 32.5 Å². The zero-order valence-corrected chi connectivity index (χ0v) is 14.9. The van der Waals surface area contributed by atoms with Crippen LogP contribution in [0.15, 0.2) is 29.2 Å². The van der Waals surface area contributed by atoms with Crippen molar-refractivity contribution in [1.82, 2.24) is 10.3 Å². The Labute approximate surface area is 148 Å². The molecule has 1 heterocycles. The zero-order chi connectivity index (χ0) is 18.2. The molecule has 9 heteroatoms. The molecule has 1 aliphatic carbocycles. The summed E-state index contributed by atoms with van der Waals surface area (Å²) in [5, 5.41) is 0. The topological polar surface area (TPSA) is 75.3 Å². The summed E-state index contributed by atoms with van der Waals surface area (Å²) in [6.07, 6.45) is 2.88. The fourth-order valence-electron chi connectivity index (χ4n) is 2.70. The molecule has 0 spiro atoms. The SMILES string of the molecule is CC1CCc2sc(C(=O)NNS(=O)(=O)c3ccc(F)c(F)c3)cc2C1. The number of hydrazine groups is 1. The van der Waals surface area contributed by atoms with Crippen LogP contribution in [0.25, 0.3) is 0 Å². The molecule has 1 aromatic heterocycles. The third-order valence-corrected chi connectivity index (χ3v) is 6.53. The lowest BCUT2D eigenvalue weighted by Gasteiger charge is -2.16. The Kier molecular flexibility index (Phi) is 4.90. The second-order valence-electron chi connectivity index (χ2n) is 6.04. The van der Waals surface area contributed by atoms with Crippen molar-refractivity contribution >= 4 is 27.3 Å². The largest absolute Gasteiger partial charge is 0.276 e. The van der Waals surface area contributed by atoms with Gasteiger partial charge >= 0.3 is 0 Å². The lowest BCUT2D eigenvalue weighted by atomic mass is 9.90. The highest BCUT2D eigenvalue weighted by Crippen LogP contribution is 2.32. The van der Waals surface area contributed by atoms with Crippen molar-refractivity contribution in [3.05, 3.63) is 51.2 Å². The van der Waals surface area contributed by atoms with E-state index >= 15 is 0 Å². The fraction of sp³-hybridized carbons (Fsp3) is 0.312. The molecule has 0 radical (unpaired) electrons. The van der Waals surface area contributed by atoms with Gasteiger partial charge < -0.3 is 0 Å². The molecule has 1 aliphatic rings. The number of hydrogen-bond acceptors (Lipinski definition) is 4. The van der Waals surface area contributed by atoms with Gasteiger partial charge in [-0.05, 0) is 55.0 Å². The number of amides is 1. The van der Waals surface area contributed by atoms with Crippen LogP contribution in [0.5, 0.6) is 0 Å². The molecule has 0 aliphatic heterocycles. The van der Waals surface area contributed by atoms with Gasteiger partial charge in [0.2, 0.25) is 0 Å². The minimum Gasteiger partial charge on any atom is -0.273 e. The second kappa shape index (κ2) is 6.81. The smallest absolute Gasteiger partial charge is 0.273 e. The van der Waals surface area contributed by atoms with Gasteiger partial charge in [-0.1, -0.05) is 6.92 Å². The van der Waals surface area contributed by atoms with Crippen LogP contribution in [-0.4, -0.2) is 14.3 Å². The van der Waals surface area contributed by atoms with Gasteiger partial charge in [0.25, 0.3) is 15.9 Å². The van der Waals surface area contributed by atoms with Gasteiger partial charge in [0.05, 0.1) is 9.77 Å². The van der Waals surface area contributed by atoms with E-state index in [0.29, 0.717) is 22.9 Å². The molecule has 1 unspecified atom stereocenters. The number of nitrogens with one attached hydrogen (secondary N) is 2. The van der Waals surface area contributed by atoms with E-state index in [4.69, 9.17) is 0 Å². The number of rotatable bonds is 4. The third kappa shape index (κ3) is 3.88. The molecular weight excluding hydrogens is 370 g/mol. The Balaban J connectivity index is 1.70. The molecule has 0 saturated heterocycles. The van der Waals surface area contributed by atoms with Crippen LogP contribution in [0.4, 0.5) is 8.78 Å². The van der Waals surface area contributed by atoms with Crippen LogP contribution in [0.2, 0.25) is 0 Å². The van der Waals surface area contributed by atoms with Crippen molar-refractivity contribution in [2.24, 2.45) is 5.92 Å². The number of fused-ring (bicyclic) bond motifs is 1. The number of hydrogen-bond donors (Lipinski definition) is 2. The minimum absolute atomic E-state index is 0.409. The number of carbonyl (C=O) groups excluding carboxylic acids is 1. The van der Waals surface area contributed by atoms with Crippen molar-refractivity contribution in [2.45, 2.75) is 31.1 Å². The van der Waals surface area contributed by atoms with Crippen LogP contribution in [0, 0.1) is 17.6 Å². The lowest BCUT2D eigenvalue weighted by molar-refractivity contribution is 0.0949. The van der Waals surface area contributed by atoms with Gasteiger partial charge in [-0.25, -0.2) is 17.2 Å². The Morgan fingerprint density at radius 2 is 2.00 bits per heavy atom. The summed E-state index contributed by atoms with van der Waals surface area (Å²) in [6.45, 7) is 2.15. The Morgan fingerprint density at radius 1 is 1.24 bits per heavy atom. The number of thiophene rings is 1. The Morgan fingerprint density at radius 3 is 2.72 bits per heavy atom. The zero-order valence-electron chi connectivity index (χ0n) is 13.3. The quantitative estimate of drug-likeness (QED) is 0.794. The predicted molar refractivity (Wildman–Crippen MR) is 89.7 cm³/mol. The Bertz CT molecular complexity index is 925. The van der Waals surface area contributed by atoms with Crippen LogP contribution in [0.1, 0.15) is 33.5 Å². The Hall–Kier alpha value is -1.84. The molecular formula is C16H16F2N2O3S2. The predicted octanol–water partition coefficient (Wildman–Crippen LogP) is 2.77. The minimum atomic E-state index is -4.20. The van der Waals surface area contributed by atoms with Gasteiger partial charge in [0.15, 0.2) is 11.6 Å². The standard InChI is InChI=1S/C16H16F2N2O3S2/c1-9-2-5-14-10(6-9)7-15(24-14)16(21)19-20-25(22,23)11-3-4-12(17)13(18)8-11/h3-4,7-9,20H,2,5-6H2,1H3,(H,19,21). The van der Waals surface area contributed by atoms with Gasteiger partial charge in [0.1, 0.15) is 0 Å². The average molecular weight is 386 g/mol. The van der Waals surface area contributed by atoms with Gasteiger partial charge in [-0.15, -0.1) is 16.2 Å². The molecule has 1 amide bonds. The van der Waals surface area contributed by atoms with Crippen molar-refractivity contribution in [2.75, 3.05) is 0 Å². The van der Waals surface area contributed by atoms with E-state index in [-0.39, 0.29) is 0 Å². The van der Waals surface area contributed by atoms with Crippen LogP contribution >= 0.6 is 11.3 Å². The van der Waals surface area contributed by atoms with E-state index in [2.05, 4.69) is 12.3 Å². The van der Waals surface area contributed by atoms with Crippen molar-refractivity contribution in [3.63, 3.8) is 0 Å². The number of sulfonamides is 1. The highest BCUT2D eigenvalue weighted by molar-refractivity contribution is 7.89.